The van der Waals surface area contributed by atoms with Crippen LogP contribution in [-0.4, -0.2) is 19.1 Å². The smallest absolute Gasteiger partial charge is 0.232 e. The number of hydrogen-bond acceptors (Lipinski definition) is 3. The van der Waals surface area contributed by atoms with Gasteiger partial charge < -0.3 is 14.8 Å². The van der Waals surface area contributed by atoms with Gasteiger partial charge >= 0.3 is 0 Å². The molecule has 4 rings (SSSR count). The van der Waals surface area contributed by atoms with E-state index in [0.717, 1.165) is 28.2 Å². The van der Waals surface area contributed by atoms with E-state index in [1.165, 1.54) is 0 Å². The minimum atomic E-state index is -0.359. The summed E-state index contributed by atoms with van der Waals surface area (Å²) in [6.45, 7) is 3.09. The second kappa shape index (κ2) is 8.17. The maximum absolute atomic E-state index is 13.2. The summed E-state index contributed by atoms with van der Waals surface area (Å²) in [7, 11) is 0. The molecule has 0 unspecified atom stereocenters. The third-order valence-corrected chi connectivity index (χ3v) is 4.95. The van der Waals surface area contributed by atoms with E-state index in [1.54, 1.807) is 0 Å². The Balaban J connectivity index is 1.57. The zero-order valence-electron chi connectivity index (χ0n) is 15.8. The van der Waals surface area contributed by atoms with E-state index in [2.05, 4.69) is 5.32 Å². The fourth-order valence-electron chi connectivity index (χ4n) is 3.50. The Morgan fingerprint density at radius 1 is 0.786 bits per heavy atom. The molecule has 0 spiro atoms. The van der Waals surface area contributed by atoms with Crippen LogP contribution in [0.5, 0.6) is 11.5 Å². The molecular formula is C24H23NO3. The van der Waals surface area contributed by atoms with Crippen LogP contribution in [-0.2, 0) is 4.79 Å². The van der Waals surface area contributed by atoms with Crippen molar-refractivity contribution in [1.82, 2.24) is 5.32 Å². The molecule has 0 saturated heterocycles. The molecule has 1 N–H and O–H groups in total. The Hall–Kier alpha value is -3.27. The first-order valence-electron chi connectivity index (χ1n) is 9.52. The highest BCUT2D eigenvalue weighted by Crippen LogP contribution is 2.33. The normalized spacial score (nSPS) is 13.8. The van der Waals surface area contributed by atoms with E-state index in [9.17, 15) is 4.79 Å². The lowest BCUT2D eigenvalue weighted by atomic mass is 9.90. The van der Waals surface area contributed by atoms with Gasteiger partial charge in [0.2, 0.25) is 5.91 Å². The van der Waals surface area contributed by atoms with Crippen molar-refractivity contribution in [3.05, 3.63) is 95.6 Å². The van der Waals surface area contributed by atoms with Crippen molar-refractivity contribution in [2.75, 3.05) is 13.2 Å². The first kappa shape index (κ1) is 18.1. The second-order valence-corrected chi connectivity index (χ2v) is 6.89. The third kappa shape index (κ3) is 3.86. The van der Waals surface area contributed by atoms with Gasteiger partial charge in [0.25, 0.3) is 0 Å². The molecule has 0 bridgehead atoms. The van der Waals surface area contributed by atoms with Crippen LogP contribution in [0.2, 0.25) is 0 Å². The van der Waals surface area contributed by atoms with Crippen molar-refractivity contribution in [2.45, 2.75) is 18.9 Å². The zero-order chi connectivity index (χ0) is 19.3. The Labute approximate surface area is 165 Å². The van der Waals surface area contributed by atoms with Crippen molar-refractivity contribution in [3.8, 4) is 11.5 Å². The summed E-state index contributed by atoms with van der Waals surface area (Å²) in [6.07, 6.45) is 0. The maximum Gasteiger partial charge on any atom is 0.232 e. The molecule has 1 aliphatic heterocycles. The lowest BCUT2D eigenvalue weighted by molar-refractivity contribution is -0.122. The Bertz CT molecular complexity index is 901. The van der Waals surface area contributed by atoms with Gasteiger partial charge in [0.1, 0.15) is 13.2 Å². The van der Waals surface area contributed by atoms with Gasteiger partial charge in [0.15, 0.2) is 11.5 Å². The molecule has 3 aromatic rings. The Morgan fingerprint density at radius 3 is 1.96 bits per heavy atom. The molecule has 0 aromatic heterocycles. The molecule has 1 atom stereocenters. The summed E-state index contributed by atoms with van der Waals surface area (Å²) >= 11 is 0. The monoisotopic (exact) mass is 373 g/mol. The van der Waals surface area contributed by atoms with Crippen LogP contribution in [0, 0.1) is 0 Å². The van der Waals surface area contributed by atoms with E-state index in [1.807, 2.05) is 85.8 Å². The lowest BCUT2D eigenvalue weighted by Gasteiger charge is -2.23. The number of benzene rings is 3. The molecule has 142 valence electrons. The number of ether oxygens (including phenoxy) is 2. The summed E-state index contributed by atoms with van der Waals surface area (Å²) in [5.41, 5.74) is 2.93. The summed E-state index contributed by atoms with van der Waals surface area (Å²) in [5.74, 6) is 1.09. The molecule has 0 fully saturated rings. The van der Waals surface area contributed by atoms with E-state index in [0.29, 0.717) is 13.2 Å². The average molecular weight is 373 g/mol. The number of carbonyl (C=O) groups is 1. The van der Waals surface area contributed by atoms with E-state index < -0.39 is 0 Å². The minimum Gasteiger partial charge on any atom is -0.486 e. The highest BCUT2D eigenvalue weighted by Gasteiger charge is 2.24. The van der Waals surface area contributed by atoms with Crippen LogP contribution in [0.25, 0.3) is 0 Å². The Kier molecular flexibility index (Phi) is 5.29. The zero-order valence-corrected chi connectivity index (χ0v) is 15.8. The fourth-order valence-corrected chi connectivity index (χ4v) is 3.50. The molecule has 4 nitrogen and oxygen atoms in total. The van der Waals surface area contributed by atoms with Crippen LogP contribution >= 0.6 is 0 Å². The highest BCUT2D eigenvalue weighted by atomic mass is 16.6. The molecule has 3 aromatic carbocycles. The van der Waals surface area contributed by atoms with Gasteiger partial charge in [-0.05, 0) is 35.7 Å². The number of carbonyl (C=O) groups excluding carboxylic acids is 1. The minimum absolute atomic E-state index is 0.0280. The van der Waals surface area contributed by atoms with Crippen molar-refractivity contribution in [2.24, 2.45) is 0 Å². The average Bonchev–Trinajstić information content (AvgIpc) is 2.75. The first-order chi connectivity index (χ1) is 13.7. The van der Waals surface area contributed by atoms with Crippen LogP contribution in [0.1, 0.15) is 35.6 Å². The maximum atomic E-state index is 13.2. The van der Waals surface area contributed by atoms with Crippen molar-refractivity contribution in [1.29, 1.82) is 0 Å². The lowest BCUT2D eigenvalue weighted by Crippen LogP contribution is -2.32. The predicted molar refractivity (Wildman–Crippen MR) is 109 cm³/mol. The summed E-state index contributed by atoms with van der Waals surface area (Å²) in [6, 6.07) is 25.4. The van der Waals surface area contributed by atoms with Gasteiger partial charge in [-0.1, -0.05) is 66.7 Å². The Morgan fingerprint density at radius 2 is 1.36 bits per heavy atom. The fraction of sp³-hybridized carbons (Fsp3) is 0.208. The number of rotatable bonds is 5. The summed E-state index contributed by atoms with van der Waals surface area (Å²) in [5, 5.41) is 3.16. The first-order valence-corrected chi connectivity index (χ1v) is 9.52. The van der Waals surface area contributed by atoms with Gasteiger partial charge in [-0.2, -0.15) is 0 Å². The quantitative estimate of drug-likeness (QED) is 0.718. The van der Waals surface area contributed by atoms with Gasteiger partial charge in [-0.25, -0.2) is 0 Å². The van der Waals surface area contributed by atoms with E-state index >= 15 is 0 Å². The molecule has 1 amide bonds. The molecule has 0 saturated carbocycles. The molecule has 1 heterocycles. The molecule has 4 heteroatoms. The van der Waals surface area contributed by atoms with Gasteiger partial charge in [-0.3, -0.25) is 4.79 Å². The van der Waals surface area contributed by atoms with Gasteiger partial charge in [0.05, 0.1) is 12.0 Å². The third-order valence-electron chi connectivity index (χ3n) is 4.95. The van der Waals surface area contributed by atoms with Crippen molar-refractivity contribution in [3.63, 3.8) is 0 Å². The molecule has 28 heavy (non-hydrogen) atoms. The largest absolute Gasteiger partial charge is 0.486 e. The van der Waals surface area contributed by atoms with Crippen molar-refractivity contribution < 1.29 is 14.3 Å². The topological polar surface area (TPSA) is 47.6 Å². The number of nitrogens with one attached hydrogen (secondary N) is 1. The van der Waals surface area contributed by atoms with Crippen LogP contribution in [0.4, 0.5) is 0 Å². The summed E-state index contributed by atoms with van der Waals surface area (Å²) < 4.78 is 11.2. The number of fused-ring (bicyclic) bond motifs is 1. The van der Waals surface area contributed by atoms with Crippen LogP contribution in [0.3, 0.4) is 0 Å². The predicted octanol–water partition coefficient (Wildman–Crippen LogP) is 4.47. The molecule has 1 aliphatic rings. The number of amides is 1. The SMILES string of the molecule is C[C@H](NC(=O)C(c1ccccc1)c1ccccc1)c1ccc2c(c1)OCCO2. The van der Waals surface area contributed by atoms with Gasteiger partial charge in [-0.15, -0.1) is 0 Å². The number of hydrogen-bond donors (Lipinski definition) is 1. The standard InChI is InChI=1S/C24H23NO3/c1-17(20-12-13-21-22(16-20)28-15-14-27-21)25-24(26)23(18-8-4-2-5-9-18)19-10-6-3-7-11-19/h2-13,16-17,23H,14-15H2,1H3,(H,25,26)/t17-/m0/s1. The summed E-state index contributed by atoms with van der Waals surface area (Å²) in [4.78, 5) is 13.2. The highest BCUT2D eigenvalue weighted by molar-refractivity contribution is 5.87. The van der Waals surface area contributed by atoms with E-state index in [-0.39, 0.29) is 17.9 Å². The molecule has 0 aliphatic carbocycles. The molecule has 0 radical (unpaired) electrons. The van der Waals surface area contributed by atoms with Crippen molar-refractivity contribution >= 4 is 5.91 Å². The van der Waals surface area contributed by atoms with Gasteiger partial charge in [0, 0.05) is 0 Å². The second-order valence-electron chi connectivity index (χ2n) is 6.89. The van der Waals surface area contributed by atoms with Crippen LogP contribution in [0.15, 0.2) is 78.9 Å². The van der Waals surface area contributed by atoms with Crippen LogP contribution < -0.4 is 14.8 Å². The van der Waals surface area contributed by atoms with E-state index in [4.69, 9.17) is 9.47 Å². The molecular weight excluding hydrogens is 350 g/mol.